The lowest BCUT2D eigenvalue weighted by molar-refractivity contribution is -0.123. The van der Waals surface area contributed by atoms with E-state index in [2.05, 4.69) is 10.6 Å². The highest BCUT2D eigenvalue weighted by atomic mass is 16.5. The molecule has 1 amide bonds. The van der Waals surface area contributed by atoms with Gasteiger partial charge in [-0.3, -0.25) is 4.79 Å². The zero-order chi connectivity index (χ0) is 13.2. The van der Waals surface area contributed by atoms with Crippen LogP contribution in [-0.2, 0) is 4.79 Å². The molecule has 1 saturated heterocycles. The molecule has 2 N–H and O–H groups in total. The van der Waals surface area contributed by atoms with Gasteiger partial charge in [0.15, 0.2) is 0 Å². The quantitative estimate of drug-likeness (QED) is 0.859. The maximum atomic E-state index is 12.3. The molecule has 2 rings (SSSR count). The second-order valence-corrected chi connectivity index (χ2v) is 5.12. The molecule has 1 aliphatic rings. The summed E-state index contributed by atoms with van der Waals surface area (Å²) in [6.45, 7) is 5.62. The number of aryl methyl sites for hydroxylation is 1. The van der Waals surface area contributed by atoms with Gasteiger partial charge in [0.25, 0.3) is 0 Å². The number of carbonyl (C=O) groups excluding carboxylic acids is 1. The van der Waals surface area contributed by atoms with Crippen LogP contribution in [0.2, 0.25) is 0 Å². The fraction of sp³-hybridized carbons (Fsp3) is 0.500. The third-order valence-corrected chi connectivity index (χ3v) is 3.60. The van der Waals surface area contributed by atoms with Crippen LogP contribution in [0.3, 0.4) is 0 Å². The Morgan fingerprint density at radius 1 is 1.50 bits per heavy atom. The highest BCUT2D eigenvalue weighted by Gasteiger charge is 2.36. The van der Waals surface area contributed by atoms with E-state index in [1.807, 2.05) is 32.0 Å². The van der Waals surface area contributed by atoms with Gasteiger partial charge in [0.05, 0.1) is 12.5 Å². The van der Waals surface area contributed by atoms with Crippen molar-refractivity contribution in [3.8, 4) is 5.75 Å². The minimum Gasteiger partial charge on any atom is -0.497 e. The van der Waals surface area contributed by atoms with E-state index in [0.29, 0.717) is 0 Å². The van der Waals surface area contributed by atoms with Crippen LogP contribution < -0.4 is 15.4 Å². The summed E-state index contributed by atoms with van der Waals surface area (Å²) in [5.74, 6) is 0.889. The third kappa shape index (κ3) is 2.48. The molecule has 1 fully saturated rings. The molecule has 4 heteroatoms. The number of ether oxygens (including phenoxy) is 1. The number of nitrogens with one attached hydrogen (secondary N) is 2. The second-order valence-electron chi connectivity index (χ2n) is 5.12. The van der Waals surface area contributed by atoms with Crippen molar-refractivity contribution in [2.45, 2.75) is 20.3 Å². The van der Waals surface area contributed by atoms with Gasteiger partial charge in [0, 0.05) is 12.2 Å². The van der Waals surface area contributed by atoms with Gasteiger partial charge in [-0.1, -0.05) is 0 Å². The lowest BCUT2D eigenvalue weighted by Gasteiger charge is -2.22. The van der Waals surface area contributed by atoms with Crippen molar-refractivity contribution in [1.82, 2.24) is 5.32 Å². The molecule has 1 aliphatic heterocycles. The number of amides is 1. The van der Waals surface area contributed by atoms with Gasteiger partial charge in [0.1, 0.15) is 5.75 Å². The van der Waals surface area contributed by atoms with E-state index in [0.717, 1.165) is 36.5 Å². The first-order valence-corrected chi connectivity index (χ1v) is 6.22. The SMILES string of the molecule is COc1ccc(NC(=O)C2(C)CCNC2)c(C)c1. The van der Waals surface area contributed by atoms with Crippen LogP contribution in [0, 0.1) is 12.3 Å². The summed E-state index contributed by atoms with van der Waals surface area (Å²) in [6.07, 6.45) is 0.883. The smallest absolute Gasteiger partial charge is 0.231 e. The van der Waals surface area contributed by atoms with Crippen LogP contribution in [0.15, 0.2) is 18.2 Å². The summed E-state index contributed by atoms with van der Waals surface area (Å²) in [5, 5.41) is 6.24. The first kappa shape index (κ1) is 12.9. The van der Waals surface area contributed by atoms with Crippen molar-refractivity contribution < 1.29 is 9.53 Å². The van der Waals surface area contributed by atoms with Gasteiger partial charge in [-0.2, -0.15) is 0 Å². The molecule has 1 aromatic carbocycles. The summed E-state index contributed by atoms with van der Waals surface area (Å²) in [4.78, 5) is 12.3. The minimum absolute atomic E-state index is 0.0840. The number of benzene rings is 1. The molecule has 1 unspecified atom stereocenters. The van der Waals surface area contributed by atoms with Crippen molar-refractivity contribution in [1.29, 1.82) is 0 Å². The Morgan fingerprint density at radius 3 is 2.83 bits per heavy atom. The summed E-state index contributed by atoms with van der Waals surface area (Å²) >= 11 is 0. The van der Waals surface area contributed by atoms with Gasteiger partial charge in [-0.15, -0.1) is 0 Å². The van der Waals surface area contributed by atoms with Gasteiger partial charge in [-0.05, 0) is 50.6 Å². The van der Waals surface area contributed by atoms with Crippen LogP contribution in [-0.4, -0.2) is 26.1 Å². The fourth-order valence-corrected chi connectivity index (χ4v) is 2.19. The van der Waals surface area contributed by atoms with E-state index in [1.165, 1.54) is 0 Å². The average Bonchev–Trinajstić information content (AvgIpc) is 2.80. The van der Waals surface area contributed by atoms with E-state index in [-0.39, 0.29) is 11.3 Å². The molecule has 0 aromatic heterocycles. The molecule has 0 aliphatic carbocycles. The molecule has 18 heavy (non-hydrogen) atoms. The highest BCUT2D eigenvalue weighted by molar-refractivity contribution is 5.96. The van der Waals surface area contributed by atoms with E-state index in [1.54, 1.807) is 7.11 Å². The van der Waals surface area contributed by atoms with E-state index in [4.69, 9.17) is 4.74 Å². The predicted molar refractivity (Wildman–Crippen MR) is 72.0 cm³/mol. The van der Waals surface area contributed by atoms with E-state index < -0.39 is 0 Å². The van der Waals surface area contributed by atoms with Crippen LogP contribution in [0.1, 0.15) is 18.9 Å². The number of rotatable bonds is 3. The van der Waals surface area contributed by atoms with E-state index in [9.17, 15) is 4.79 Å². The largest absolute Gasteiger partial charge is 0.497 e. The number of hydrogen-bond acceptors (Lipinski definition) is 3. The Labute approximate surface area is 108 Å². The van der Waals surface area contributed by atoms with Crippen LogP contribution in [0.5, 0.6) is 5.75 Å². The number of anilines is 1. The maximum Gasteiger partial charge on any atom is 0.231 e. The standard InChI is InChI=1S/C14H20N2O2/c1-10-8-11(18-3)4-5-12(10)16-13(17)14(2)6-7-15-9-14/h4-5,8,15H,6-7,9H2,1-3H3,(H,16,17). The summed E-state index contributed by atoms with van der Waals surface area (Å²) in [7, 11) is 1.64. The lowest BCUT2D eigenvalue weighted by atomic mass is 9.88. The fourth-order valence-electron chi connectivity index (χ4n) is 2.19. The molecule has 0 bridgehead atoms. The van der Waals surface area contributed by atoms with Crippen molar-refractivity contribution in [2.75, 3.05) is 25.5 Å². The lowest BCUT2D eigenvalue weighted by Crippen LogP contribution is -2.35. The highest BCUT2D eigenvalue weighted by Crippen LogP contribution is 2.28. The summed E-state index contributed by atoms with van der Waals surface area (Å²) in [6, 6.07) is 5.67. The van der Waals surface area contributed by atoms with Crippen molar-refractivity contribution in [2.24, 2.45) is 5.41 Å². The number of methoxy groups -OCH3 is 1. The first-order chi connectivity index (χ1) is 8.55. The molecule has 4 nitrogen and oxygen atoms in total. The molecule has 1 atom stereocenters. The topological polar surface area (TPSA) is 50.4 Å². The Balaban J connectivity index is 2.12. The number of hydrogen-bond donors (Lipinski definition) is 2. The van der Waals surface area contributed by atoms with Crippen LogP contribution in [0.4, 0.5) is 5.69 Å². The first-order valence-electron chi connectivity index (χ1n) is 6.22. The Morgan fingerprint density at radius 2 is 2.28 bits per heavy atom. The number of carbonyl (C=O) groups is 1. The van der Waals surface area contributed by atoms with Crippen LogP contribution >= 0.6 is 0 Å². The molecule has 0 radical (unpaired) electrons. The summed E-state index contributed by atoms with van der Waals surface area (Å²) < 4.78 is 5.15. The van der Waals surface area contributed by atoms with Gasteiger partial charge < -0.3 is 15.4 Å². The van der Waals surface area contributed by atoms with Gasteiger partial charge >= 0.3 is 0 Å². The maximum absolute atomic E-state index is 12.3. The van der Waals surface area contributed by atoms with Gasteiger partial charge in [0.2, 0.25) is 5.91 Å². The average molecular weight is 248 g/mol. The Bertz CT molecular complexity index is 451. The molecule has 1 heterocycles. The van der Waals surface area contributed by atoms with Crippen molar-refractivity contribution in [3.63, 3.8) is 0 Å². The zero-order valence-corrected chi connectivity index (χ0v) is 11.2. The van der Waals surface area contributed by atoms with E-state index >= 15 is 0 Å². The van der Waals surface area contributed by atoms with Crippen LogP contribution in [0.25, 0.3) is 0 Å². The zero-order valence-electron chi connectivity index (χ0n) is 11.2. The van der Waals surface area contributed by atoms with Crippen molar-refractivity contribution in [3.05, 3.63) is 23.8 Å². The summed E-state index contributed by atoms with van der Waals surface area (Å²) in [5.41, 5.74) is 1.57. The molecule has 0 saturated carbocycles. The molecular formula is C14H20N2O2. The Kier molecular flexibility index (Phi) is 3.57. The molecule has 98 valence electrons. The molecule has 0 spiro atoms. The minimum atomic E-state index is -0.299. The normalized spacial score (nSPS) is 22.8. The van der Waals surface area contributed by atoms with Crippen molar-refractivity contribution >= 4 is 11.6 Å². The predicted octanol–water partition coefficient (Wildman–Crippen LogP) is 1.94. The Hall–Kier alpha value is -1.55. The second kappa shape index (κ2) is 4.98. The third-order valence-electron chi connectivity index (χ3n) is 3.60. The monoisotopic (exact) mass is 248 g/mol. The molecular weight excluding hydrogens is 228 g/mol. The molecule has 1 aromatic rings. The van der Waals surface area contributed by atoms with Gasteiger partial charge in [-0.25, -0.2) is 0 Å².